The zero-order valence-corrected chi connectivity index (χ0v) is 9.88. The molecule has 6 heteroatoms. The first-order chi connectivity index (χ1) is 8.97. The Morgan fingerprint density at radius 3 is 1.89 bits per heavy atom. The van der Waals surface area contributed by atoms with Crippen molar-refractivity contribution in [3.63, 3.8) is 0 Å². The van der Waals surface area contributed by atoms with E-state index in [1.54, 1.807) is 0 Å². The van der Waals surface area contributed by atoms with Crippen molar-refractivity contribution in [1.29, 1.82) is 0 Å². The van der Waals surface area contributed by atoms with E-state index in [0.29, 0.717) is 0 Å². The van der Waals surface area contributed by atoms with Crippen LogP contribution in [-0.2, 0) is 4.74 Å². The lowest BCUT2D eigenvalue weighted by atomic mass is 9.98. The van der Waals surface area contributed by atoms with Gasteiger partial charge in [0.1, 0.15) is 22.6 Å². The number of hydrogen-bond acceptors (Lipinski definition) is 5. The van der Waals surface area contributed by atoms with Gasteiger partial charge in [0.25, 0.3) is 0 Å². The summed E-state index contributed by atoms with van der Waals surface area (Å²) < 4.78 is 4.55. The Bertz CT molecular complexity index is 689. The number of phenolic OH excluding ortho intramolecular Hbond substituents is 1. The van der Waals surface area contributed by atoms with Crippen molar-refractivity contribution in [1.82, 2.24) is 0 Å². The van der Waals surface area contributed by atoms with Gasteiger partial charge >= 0.3 is 11.9 Å². The van der Waals surface area contributed by atoms with Crippen molar-refractivity contribution in [3.8, 4) is 11.5 Å². The maximum absolute atomic E-state index is 11.6. The minimum absolute atomic E-state index is 0.137. The molecular weight excluding hydrogens is 252 g/mol. The monoisotopic (exact) mass is 262 g/mol. The number of hydrogen-bond donors (Lipinski definition) is 3. The van der Waals surface area contributed by atoms with Crippen LogP contribution in [0.1, 0.15) is 20.7 Å². The lowest BCUT2D eigenvalue weighted by molar-refractivity contribution is 0.0598. The molecule has 0 aliphatic heterocycles. The minimum atomic E-state index is -1.33. The van der Waals surface area contributed by atoms with Crippen molar-refractivity contribution >= 4 is 22.7 Å². The average molecular weight is 262 g/mol. The van der Waals surface area contributed by atoms with E-state index in [9.17, 15) is 19.8 Å². The van der Waals surface area contributed by atoms with Crippen molar-refractivity contribution < 1.29 is 29.6 Å². The van der Waals surface area contributed by atoms with Crippen LogP contribution in [0.3, 0.4) is 0 Å². The molecule has 0 radical (unpaired) electrons. The fourth-order valence-corrected chi connectivity index (χ4v) is 1.92. The number of ether oxygens (including phenoxy) is 1. The maximum atomic E-state index is 11.6. The third-order valence-corrected chi connectivity index (χ3v) is 2.76. The van der Waals surface area contributed by atoms with Crippen molar-refractivity contribution in [2.75, 3.05) is 7.11 Å². The second kappa shape index (κ2) is 4.49. The number of carboxylic acid groups (broad SMARTS) is 1. The molecule has 19 heavy (non-hydrogen) atoms. The highest BCUT2D eigenvalue weighted by atomic mass is 16.5. The first-order valence-electron chi connectivity index (χ1n) is 5.26. The fourth-order valence-electron chi connectivity index (χ4n) is 1.92. The largest absolute Gasteiger partial charge is 0.507 e. The number of aromatic hydroxyl groups is 2. The Morgan fingerprint density at radius 2 is 1.42 bits per heavy atom. The van der Waals surface area contributed by atoms with E-state index in [2.05, 4.69) is 4.74 Å². The van der Waals surface area contributed by atoms with Crippen LogP contribution >= 0.6 is 0 Å². The van der Waals surface area contributed by atoms with E-state index in [0.717, 1.165) is 13.2 Å². The summed E-state index contributed by atoms with van der Waals surface area (Å²) >= 11 is 0. The van der Waals surface area contributed by atoms with Crippen molar-refractivity contribution in [2.45, 2.75) is 0 Å². The molecule has 0 heterocycles. The Morgan fingerprint density at radius 1 is 0.947 bits per heavy atom. The van der Waals surface area contributed by atoms with Gasteiger partial charge in [0, 0.05) is 10.8 Å². The molecule has 0 bridgehead atoms. The molecule has 0 saturated heterocycles. The summed E-state index contributed by atoms with van der Waals surface area (Å²) in [4.78, 5) is 22.8. The van der Waals surface area contributed by atoms with Gasteiger partial charge in [-0.2, -0.15) is 0 Å². The summed E-state index contributed by atoms with van der Waals surface area (Å²) in [6.07, 6.45) is 0. The smallest absolute Gasteiger partial charge is 0.342 e. The number of aromatic carboxylic acids is 1. The molecule has 2 rings (SSSR count). The molecule has 0 aliphatic rings. The van der Waals surface area contributed by atoms with Crippen molar-refractivity contribution in [3.05, 3.63) is 35.4 Å². The molecule has 0 aliphatic carbocycles. The Balaban J connectivity index is 2.92. The first kappa shape index (κ1) is 12.7. The molecule has 0 fully saturated rings. The number of carbonyl (C=O) groups is 2. The van der Waals surface area contributed by atoms with Crippen LogP contribution < -0.4 is 0 Å². The van der Waals surface area contributed by atoms with Crippen LogP contribution in [0.15, 0.2) is 24.3 Å². The van der Waals surface area contributed by atoms with E-state index in [1.165, 1.54) is 18.2 Å². The second-order valence-corrected chi connectivity index (χ2v) is 3.81. The topological polar surface area (TPSA) is 104 Å². The normalized spacial score (nSPS) is 10.4. The number of phenols is 2. The average Bonchev–Trinajstić information content (AvgIpc) is 2.37. The lowest BCUT2D eigenvalue weighted by Crippen LogP contribution is -2.05. The van der Waals surface area contributed by atoms with E-state index >= 15 is 0 Å². The number of fused-ring (bicyclic) bond motifs is 1. The molecule has 0 atom stereocenters. The van der Waals surface area contributed by atoms with Gasteiger partial charge in [-0.05, 0) is 24.3 Å². The van der Waals surface area contributed by atoms with Gasteiger partial charge in [-0.1, -0.05) is 0 Å². The van der Waals surface area contributed by atoms with Gasteiger partial charge < -0.3 is 20.1 Å². The molecule has 0 spiro atoms. The van der Waals surface area contributed by atoms with E-state index in [-0.39, 0.29) is 27.6 Å². The summed E-state index contributed by atoms with van der Waals surface area (Å²) in [7, 11) is 1.15. The molecule has 6 nitrogen and oxygen atoms in total. The highest BCUT2D eigenvalue weighted by Crippen LogP contribution is 2.33. The van der Waals surface area contributed by atoms with Gasteiger partial charge in [-0.25, -0.2) is 9.59 Å². The third-order valence-electron chi connectivity index (χ3n) is 2.76. The van der Waals surface area contributed by atoms with Gasteiger partial charge in [-0.3, -0.25) is 0 Å². The number of benzene rings is 2. The Kier molecular flexibility index (Phi) is 3.00. The molecule has 0 aromatic heterocycles. The summed E-state index contributed by atoms with van der Waals surface area (Å²) in [5, 5.41) is 28.7. The van der Waals surface area contributed by atoms with E-state index in [4.69, 9.17) is 5.11 Å². The number of methoxy groups -OCH3 is 1. The molecule has 2 aromatic carbocycles. The molecule has 0 unspecified atom stereocenters. The van der Waals surface area contributed by atoms with Gasteiger partial charge in [0.2, 0.25) is 0 Å². The predicted octanol–water partition coefficient (Wildman–Crippen LogP) is 1.74. The Hall–Kier alpha value is -2.76. The zero-order valence-electron chi connectivity index (χ0n) is 9.88. The zero-order chi connectivity index (χ0) is 14.2. The summed E-state index contributed by atoms with van der Waals surface area (Å²) in [5.41, 5.74) is -0.467. The number of esters is 1. The van der Waals surface area contributed by atoms with Gasteiger partial charge in [0.05, 0.1) is 7.11 Å². The minimum Gasteiger partial charge on any atom is -0.507 e. The van der Waals surface area contributed by atoms with Gasteiger partial charge in [-0.15, -0.1) is 0 Å². The molecule has 2 aromatic rings. The molecule has 98 valence electrons. The van der Waals surface area contributed by atoms with Gasteiger partial charge in [0.15, 0.2) is 0 Å². The predicted molar refractivity (Wildman–Crippen MR) is 65.6 cm³/mol. The highest BCUT2D eigenvalue weighted by Gasteiger charge is 2.21. The lowest BCUT2D eigenvalue weighted by Gasteiger charge is -2.10. The SMILES string of the molecule is COC(=O)c1c(O)ccc2c(C(=O)O)c(O)ccc12. The van der Waals surface area contributed by atoms with E-state index < -0.39 is 17.7 Å². The number of carbonyl (C=O) groups excluding carboxylic acids is 1. The second-order valence-electron chi connectivity index (χ2n) is 3.81. The van der Waals surface area contributed by atoms with Crippen LogP contribution in [0.2, 0.25) is 0 Å². The summed E-state index contributed by atoms with van der Waals surface area (Å²) in [6.45, 7) is 0. The summed E-state index contributed by atoms with van der Waals surface area (Å²) in [6, 6.07) is 5.00. The van der Waals surface area contributed by atoms with Crippen LogP contribution in [-0.4, -0.2) is 34.4 Å². The highest BCUT2D eigenvalue weighted by molar-refractivity contribution is 6.13. The molecule has 0 amide bonds. The number of rotatable bonds is 2. The Labute approximate surface area is 107 Å². The van der Waals surface area contributed by atoms with Crippen LogP contribution in [0.5, 0.6) is 11.5 Å². The van der Waals surface area contributed by atoms with E-state index in [1.807, 2.05) is 0 Å². The maximum Gasteiger partial charge on any atom is 0.342 e. The quantitative estimate of drug-likeness (QED) is 0.712. The van der Waals surface area contributed by atoms with Crippen LogP contribution in [0.25, 0.3) is 10.8 Å². The number of carboxylic acids is 1. The fraction of sp³-hybridized carbons (Fsp3) is 0.0769. The van der Waals surface area contributed by atoms with Crippen LogP contribution in [0, 0.1) is 0 Å². The molecule has 3 N–H and O–H groups in total. The summed E-state index contributed by atoms with van der Waals surface area (Å²) in [5.74, 6) is -2.85. The van der Waals surface area contributed by atoms with Crippen molar-refractivity contribution in [2.24, 2.45) is 0 Å². The standard InChI is InChI=1S/C13H10O6/c1-19-13(18)11-7-3-4-8(14)10(12(16)17)6(7)2-5-9(11)15/h2-5,14-15H,1H3,(H,16,17). The molecular formula is C13H10O6. The molecule has 0 saturated carbocycles. The first-order valence-corrected chi connectivity index (χ1v) is 5.26. The van der Waals surface area contributed by atoms with Crippen LogP contribution in [0.4, 0.5) is 0 Å². The third kappa shape index (κ3) is 1.93.